The van der Waals surface area contributed by atoms with Gasteiger partial charge in [-0.1, -0.05) is 66.7 Å². The summed E-state index contributed by atoms with van der Waals surface area (Å²) in [5, 5.41) is 0. The fourth-order valence-electron chi connectivity index (χ4n) is 5.05. The van der Waals surface area contributed by atoms with E-state index in [1.165, 1.54) is 23.8 Å². The summed E-state index contributed by atoms with van der Waals surface area (Å²) in [5.41, 5.74) is 7.22. The second-order valence-corrected chi connectivity index (χ2v) is 11.2. The van der Waals surface area contributed by atoms with E-state index in [2.05, 4.69) is 60.2 Å². The molecule has 0 bridgehead atoms. The molecular formula is C36H42F2N2O2. The maximum Gasteiger partial charge on any atom is 0.123 e. The Hall–Kier alpha value is -3.42. The van der Waals surface area contributed by atoms with E-state index in [0.717, 1.165) is 53.0 Å². The summed E-state index contributed by atoms with van der Waals surface area (Å²) >= 11 is 0. The average Bonchev–Trinajstić information content (AvgIpc) is 2.96. The molecular weight excluding hydrogens is 530 g/mol. The van der Waals surface area contributed by atoms with E-state index in [4.69, 9.17) is 9.47 Å². The Bertz CT molecular complexity index is 1410. The molecule has 4 rings (SSSR count). The first-order valence-corrected chi connectivity index (χ1v) is 14.4. The SMILES string of the molecule is Cc1cc(F)ccc1C(OCCN(C)C)c1ccc(CN(C)CCOC(c2ccc(F)cc2)c2ccccc2C)cc1. The molecule has 0 aliphatic carbocycles. The smallest absolute Gasteiger partial charge is 0.123 e. The Kier molecular flexibility index (Phi) is 11.4. The van der Waals surface area contributed by atoms with E-state index >= 15 is 0 Å². The van der Waals surface area contributed by atoms with Crippen molar-refractivity contribution in [3.63, 3.8) is 0 Å². The quantitative estimate of drug-likeness (QED) is 0.156. The van der Waals surface area contributed by atoms with Gasteiger partial charge < -0.3 is 14.4 Å². The van der Waals surface area contributed by atoms with Crippen LogP contribution >= 0.6 is 0 Å². The number of likely N-dealkylation sites (N-methyl/N-ethyl adjacent to an activating group) is 2. The molecule has 0 fully saturated rings. The first kappa shape index (κ1) is 31.5. The zero-order valence-electron chi connectivity index (χ0n) is 25.3. The van der Waals surface area contributed by atoms with Crippen LogP contribution in [0.15, 0.2) is 91.0 Å². The highest BCUT2D eigenvalue weighted by atomic mass is 19.1. The van der Waals surface area contributed by atoms with Crippen molar-refractivity contribution in [2.45, 2.75) is 32.6 Å². The van der Waals surface area contributed by atoms with E-state index in [9.17, 15) is 8.78 Å². The van der Waals surface area contributed by atoms with E-state index in [1.807, 2.05) is 39.2 Å². The predicted octanol–water partition coefficient (Wildman–Crippen LogP) is 7.49. The van der Waals surface area contributed by atoms with Crippen LogP contribution in [0.4, 0.5) is 8.78 Å². The first-order chi connectivity index (χ1) is 20.2. The Morgan fingerprint density at radius 2 is 1.17 bits per heavy atom. The number of hydrogen-bond acceptors (Lipinski definition) is 4. The van der Waals surface area contributed by atoms with Gasteiger partial charge in [0.05, 0.1) is 13.2 Å². The molecule has 0 saturated heterocycles. The summed E-state index contributed by atoms with van der Waals surface area (Å²) in [7, 11) is 6.11. The van der Waals surface area contributed by atoms with Crippen molar-refractivity contribution in [2.24, 2.45) is 0 Å². The standard InChI is InChI=1S/C36H42F2N2O2/c1-26-8-6-7-9-33(26)35(30-14-16-31(37)17-15-30)42-23-21-40(5)25-28-10-12-29(13-11-28)36(41-22-20-39(3)4)34-19-18-32(38)24-27(34)2/h6-19,24,35-36H,20-23,25H2,1-5H3. The lowest BCUT2D eigenvalue weighted by molar-refractivity contribution is 0.0631. The van der Waals surface area contributed by atoms with Crippen LogP contribution < -0.4 is 0 Å². The van der Waals surface area contributed by atoms with Crippen molar-refractivity contribution in [3.05, 3.63) is 142 Å². The Labute approximate surface area is 249 Å². The zero-order chi connectivity index (χ0) is 30.1. The van der Waals surface area contributed by atoms with Gasteiger partial charge in [0.25, 0.3) is 0 Å². The van der Waals surface area contributed by atoms with Crippen LogP contribution in [0.2, 0.25) is 0 Å². The van der Waals surface area contributed by atoms with Gasteiger partial charge in [0.15, 0.2) is 0 Å². The number of rotatable bonds is 14. The second kappa shape index (κ2) is 15.2. The first-order valence-electron chi connectivity index (χ1n) is 14.4. The van der Waals surface area contributed by atoms with Crippen LogP contribution in [0, 0.1) is 25.5 Å². The number of halogens is 2. The summed E-state index contributed by atoms with van der Waals surface area (Å²) < 4.78 is 40.1. The number of benzene rings is 4. The molecule has 0 heterocycles. The molecule has 42 heavy (non-hydrogen) atoms. The second-order valence-electron chi connectivity index (χ2n) is 11.2. The topological polar surface area (TPSA) is 24.9 Å². The highest BCUT2D eigenvalue weighted by molar-refractivity contribution is 5.37. The minimum absolute atomic E-state index is 0.242. The molecule has 4 aromatic rings. The van der Waals surface area contributed by atoms with Gasteiger partial charge >= 0.3 is 0 Å². The molecule has 0 N–H and O–H groups in total. The highest BCUT2D eigenvalue weighted by Gasteiger charge is 2.19. The van der Waals surface area contributed by atoms with Gasteiger partial charge in [-0.3, -0.25) is 4.90 Å². The van der Waals surface area contributed by atoms with Gasteiger partial charge in [0.2, 0.25) is 0 Å². The summed E-state index contributed by atoms with van der Waals surface area (Å²) in [6, 6.07) is 28.0. The van der Waals surface area contributed by atoms with E-state index in [0.29, 0.717) is 13.2 Å². The van der Waals surface area contributed by atoms with Crippen molar-refractivity contribution in [1.29, 1.82) is 0 Å². The molecule has 0 radical (unpaired) electrons. The summed E-state index contributed by atoms with van der Waals surface area (Å²) in [6.45, 7) is 7.38. The fourth-order valence-corrected chi connectivity index (χ4v) is 5.05. The zero-order valence-corrected chi connectivity index (χ0v) is 25.3. The summed E-state index contributed by atoms with van der Waals surface area (Å²) in [5.74, 6) is -0.499. The molecule has 2 atom stereocenters. The van der Waals surface area contributed by atoms with Gasteiger partial charge in [0.1, 0.15) is 23.8 Å². The summed E-state index contributed by atoms with van der Waals surface area (Å²) in [6.07, 6.45) is -0.533. The molecule has 4 nitrogen and oxygen atoms in total. The third kappa shape index (κ3) is 8.79. The molecule has 0 aliphatic heterocycles. The maximum atomic E-state index is 13.8. The van der Waals surface area contributed by atoms with Crippen LogP contribution in [0.3, 0.4) is 0 Å². The molecule has 0 spiro atoms. The molecule has 2 unspecified atom stereocenters. The minimum Gasteiger partial charge on any atom is -0.367 e. The van der Waals surface area contributed by atoms with Gasteiger partial charge in [-0.05, 0) is 98.2 Å². The van der Waals surface area contributed by atoms with Gasteiger partial charge in [-0.2, -0.15) is 0 Å². The average molecular weight is 573 g/mol. The molecule has 6 heteroatoms. The van der Waals surface area contributed by atoms with Crippen LogP contribution in [-0.4, -0.2) is 57.2 Å². The number of ether oxygens (including phenoxy) is 2. The fraction of sp³-hybridized carbons (Fsp3) is 0.333. The Morgan fingerprint density at radius 3 is 1.76 bits per heavy atom. The van der Waals surface area contributed by atoms with E-state index in [-0.39, 0.29) is 23.8 Å². The normalized spacial score (nSPS) is 13.1. The van der Waals surface area contributed by atoms with E-state index in [1.54, 1.807) is 18.2 Å². The predicted molar refractivity (Wildman–Crippen MR) is 166 cm³/mol. The van der Waals surface area contributed by atoms with Crippen molar-refractivity contribution < 1.29 is 18.3 Å². The third-order valence-electron chi connectivity index (χ3n) is 7.47. The van der Waals surface area contributed by atoms with Crippen LogP contribution in [0.5, 0.6) is 0 Å². The van der Waals surface area contributed by atoms with Crippen molar-refractivity contribution in [3.8, 4) is 0 Å². The van der Waals surface area contributed by atoms with Gasteiger partial charge in [0, 0.05) is 19.6 Å². The van der Waals surface area contributed by atoms with Gasteiger partial charge in [-0.25, -0.2) is 8.78 Å². The number of hydrogen-bond donors (Lipinski definition) is 0. The lowest BCUT2D eigenvalue weighted by Crippen LogP contribution is -2.24. The third-order valence-corrected chi connectivity index (χ3v) is 7.47. The number of aryl methyl sites for hydroxylation is 2. The lowest BCUT2D eigenvalue weighted by Gasteiger charge is -2.24. The highest BCUT2D eigenvalue weighted by Crippen LogP contribution is 2.30. The molecule has 222 valence electrons. The van der Waals surface area contributed by atoms with Crippen molar-refractivity contribution in [2.75, 3.05) is 47.4 Å². The Morgan fingerprint density at radius 1 is 0.619 bits per heavy atom. The molecule has 0 aromatic heterocycles. The number of nitrogens with zero attached hydrogens (tertiary/aromatic N) is 2. The molecule has 0 amide bonds. The molecule has 4 aromatic carbocycles. The maximum absolute atomic E-state index is 13.8. The monoisotopic (exact) mass is 572 g/mol. The Balaban J connectivity index is 1.39. The van der Waals surface area contributed by atoms with Crippen LogP contribution in [0.25, 0.3) is 0 Å². The molecule has 0 aliphatic rings. The summed E-state index contributed by atoms with van der Waals surface area (Å²) in [4.78, 5) is 4.31. The largest absolute Gasteiger partial charge is 0.367 e. The van der Waals surface area contributed by atoms with Crippen molar-refractivity contribution in [1.82, 2.24) is 9.80 Å². The minimum atomic E-state index is -0.268. The van der Waals surface area contributed by atoms with Crippen LogP contribution in [-0.2, 0) is 16.0 Å². The van der Waals surface area contributed by atoms with Gasteiger partial charge in [-0.15, -0.1) is 0 Å². The van der Waals surface area contributed by atoms with Crippen LogP contribution in [0.1, 0.15) is 51.2 Å². The van der Waals surface area contributed by atoms with Crippen molar-refractivity contribution >= 4 is 0 Å². The molecule has 0 saturated carbocycles. The lowest BCUT2D eigenvalue weighted by atomic mass is 9.96. The van der Waals surface area contributed by atoms with E-state index < -0.39 is 0 Å².